The Morgan fingerprint density at radius 2 is 2.19 bits per heavy atom. The van der Waals surface area contributed by atoms with E-state index in [0.29, 0.717) is 24.2 Å². The van der Waals surface area contributed by atoms with Crippen LogP contribution in [0, 0.1) is 19.7 Å². The molecule has 2 heterocycles. The fourth-order valence-corrected chi connectivity index (χ4v) is 2.23. The predicted molar refractivity (Wildman–Crippen MR) is 76.8 cm³/mol. The standard InChI is InChI=1S/C15H19FN4O/c1-9-14(10(2)20(3)19-9)21-15-11(6-12(16)8-18-15)7-17-13-4-5-13/h6,8,13,17H,4-5,7H2,1-3H3. The Hall–Kier alpha value is -1.95. The van der Waals surface area contributed by atoms with Crippen LogP contribution in [0.3, 0.4) is 0 Å². The van der Waals surface area contributed by atoms with Gasteiger partial charge in [-0.15, -0.1) is 0 Å². The Morgan fingerprint density at radius 1 is 1.43 bits per heavy atom. The van der Waals surface area contributed by atoms with Gasteiger partial charge in [0.25, 0.3) is 0 Å². The van der Waals surface area contributed by atoms with Gasteiger partial charge in [0.1, 0.15) is 11.5 Å². The van der Waals surface area contributed by atoms with Crippen molar-refractivity contribution in [3.05, 3.63) is 35.0 Å². The molecule has 0 saturated heterocycles. The van der Waals surface area contributed by atoms with Gasteiger partial charge < -0.3 is 10.1 Å². The largest absolute Gasteiger partial charge is 0.435 e. The second kappa shape index (κ2) is 5.44. The lowest BCUT2D eigenvalue weighted by Gasteiger charge is -2.11. The van der Waals surface area contributed by atoms with E-state index in [1.807, 2.05) is 20.9 Å². The third kappa shape index (κ3) is 3.05. The van der Waals surface area contributed by atoms with Crippen LogP contribution in [0.2, 0.25) is 0 Å². The summed E-state index contributed by atoms with van der Waals surface area (Å²) in [5, 5.41) is 7.67. The van der Waals surface area contributed by atoms with Crippen LogP contribution in [0.1, 0.15) is 29.8 Å². The van der Waals surface area contributed by atoms with Crippen LogP contribution in [-0.4, -0.2) is 20.8 Å². The maximum Gasteiger partial charge on any atom is 0.224 e. The van der Waals surface area contributed by atoms with Crippen molar-refractivity contribution in [2.45, 2.75) is 39.3 Å². The molecule has 0 amide bonds. The second-order valence-electron chi connectivity index (χ2n) is 5.50. The van der Waals surface area contributed by atoms with Gasteiger partial charge in [0.15, 0.2) is 5.75 Å². The lowest BCUT2D eigenvalue weighted by atomic mass is 10.2. The van der Waals surface area contributed by atoms with E-state index in [4.69, 9.17) is 4.74 Å². The second-order valence-corrected chi connectivity index (χ2v) is 5.50. The van der Waals surface area contributed by atoms with E-state index in [9.17, 15) is 4.39 Å². The lowest BCUT2D eigenvalue weighted by molar-refractivity contribution is 0.441. The summed E-state index contributed by atoms with van der Waals surface area (Å²) in [6, 6.07) is 2.02. The smallest absolute Gasteiger partial charge is 0.224 e. The maximum atomic E-state index is 13.4. The SMILES string of the molecule is Cc1nn(C)c(C)c1Oc1ncc(F)cc1CNC1CC1. The van der Waals surface area contributed by atoms with Crippen molar-refractivity contribution in [3.63, 3.8) is 0 Å². The van der Waals surface area contributed by atoms with E-state index in [0.717, 1.165) is 17.0 Å². The Bertz CT molecular complexity index is 664. The first-order valence-corrected chi connectivity index (χ1v) is 7.10. The van der Waals surface area contributed by atoms with Crippen molar-refractivity contribution in [3.8, 4) is 11.6 Å². The molecule has 1 fully saturated rings. The number of aromatic nitrogens is 3. The molecule has 1 aliphatic rings. The highest BCUT2D eigenvalue weighted by Gasteiger charge is 2.22. The average Bonchev–Trinajstić information content (AvgIpc) is 3.23. The molecule has 2 aromatic rings. The van der Waals surface area contributed by atoms with Crippen LogP contribution < -0.4 is 10.1 Å². The molecular formula is C15H19FN4O. The molecule has 1 N–H and O–H groups in total. The van der Waals surface area contributed by atoms with E-state index >= 15 is 0 Å². The zero-order chi connectivity index (χ0) is 15.0. The number of rotatable bonds is 5. The molecule has 6 heteroatoms. The van der Waals surface area contributed by atoms with Crippen LogP contribution in [0.4, 0.5) is 4.39 Å². The minimum atomic E-state index is -0.352. The molecule has 0 aliphatic heterocycles. The molecule has 0 aromatic carbocycles. The van der Waals surface area contributed by atoms with Gasteiger partial charge in [-0.3, -0.25) is 4.68 Å². The molecule has 1 aliphatic carbocycles. The monoisotopic (exact) mass is 290 g/mol. The van der Waals surface area contributed by atoms with Crippen LogP contribution in [0.25, 0.3) is 0 Å². The summed E-state index contributed by atoms with van der Waals surface area (Å²) < 4.78 is 21.1. The van der Waals surface area contributed by atoms with Crippen LogP contribution in [0.15, 0.2) is 12.3 Å². The summed E-state index contributed by atoms with van der Waals surface area (Å²) in [5.41, 5.74) is 2.44. The molecule has 21 heavy (non-hydrogen) atoms. The molecule has 0 unspecified atom stereocenters. The molecule has 0 atom stereocenters. The third-order valence-corrected chi connectivity index (χ3v) is 3.69. The van der Waals surface area contributed by atoms with Gasteiger partial charge in [0.05, 0.1) is 11.9 Å². The normalized spacial score (nSPS) is 14.5. The van der Waals surface area contributed by atoms with Gasteiger partial charge in [-0.1, -0.05) is 0 Å². The Kier molecular flexibility index (Phi) is 3.63. The van der Waals surface area contributed by atoms with Crippen molar-refractivity contribution >= 4 is 0 Å². The van der Waals surface area contributed by atoms with E-state index in [-0.39, 0.29) is 5.82 Å². The number of pyridine rings is 1. The van der Waals surface area contributed by atoms with E-state index < -0.39 is 0 Å². The zero-order valence-corrected chi connectivity index (χ0v) is 12.5. The van der Waals surface area contributed by atoms with E-state index in [2.05, 4.69) is 15.4 Å². The molecule has 0 spiro atoms. The summed E-state index contributed by atoms with van der Waals surface area (Å²) in [6.45, 7) is 4.37. The van der Waals surface area contributed by atoms with Crippen molar-refractivity contribution in [1.29, 1.82) is 0 Å². The van der Waals surface area contributed by atoms with Gasteiger partial charge in [0.2, 0.25) is 5.88 Å². The van der Waals surface area contributed by atoms with E-state index in [1.54, 1.807) is 4.68 Å². The van der Waals surface area contributed by atoms with Gasteiger partial charge in [-0.2, -0.15) is 5.10 Å². The number of halogens is 1. The Labute approximate surface area is 123 Å². The van der Waals surface area contributed by atoms with Gasteiger partial charge >= 0.3 is 0 Å². The van der Waals surface area contributed by atoms with Crippen molar-refractivity contribution in [2.75, 3.05) is 0 Å². The Balaban J connectivity index is 1.86. The number of aryl methyl sites for hydroxylation is 2. The van der Waals surface area contributed by atoms with Gasteiger partial charge in [-0.25, -0.2) is 9.37 Å². The summed E-state index contributed by atoms with van der Waals surface area (Å²) >= 11 is 0. The molecule has 3 rings (SSSR count). The number of ether oxygens (including phenoxy) is 1. The topological polar surface area (TPSA) is 52.0 Å². The molecule has 1 saturated carbocycles. The first kappa shape index (κ1) is 14.0. The van der Waals surface area contributed by atoms with Gasteiger partial charge in [-0.05, 0) is 32.8 Å². The van der Waals surface area contributed by atoms with Crippen LogP contribution in [0.5, 0.6) is 11.6 Å². The summed E-state index contributed by atoms with van der Waals surface area (Å²) in [7, 11) is 1.86. The summed E-state index contributed by atoms with van der Waals surface area (Å²) in [5.74, 6) is 0.766. The van der Waals surface area contributed by atoms with E-state index in [1.165, 1.54) is 25.1 Å². The molecular weight excluding hydrogens is 271 g/mol. The fraction of sp³-hybridized carbons (Fsp3) is 0.467. The van der Waals surface area contributed by atoms with Crippen molar-refractivity contribution < 1.29 is 9.13 Å². The number of hydrogen-bond donors (Lipinski definition) is 1. The quantitative estimate of drug-likeness (QED) is 0.919. The predicted octanol–water partition coefficient (Wildman–Crippen LogP) is 2.62. The fourth-order valence-electron chi connectivity index (χ4n) is 2.23. The molecule has 112 valence electrons. The van der Waals surface area contributed by atoms with Crippen molar-refractivity contribution in [2.24, 2.45) is 7.05 Å². The minimum Gasteiger partial charge on any atom is -0.435 e. The molecule has 5 nitrogen and oxygen atoms in total. The summed E-state index contributed by atoms with van der Waals surface area (Å²) in [4.78, 5) is 4.09. The number of nitrogens with zero attached hydrogens (tertiary/aromatic N) is 3. The zero-order valence-electron chi connectivity index (χ0n) is 12.5. The minimum absolute atomic E-state index is 0.352. The third-order valence-electron chi connectivity index (χ3n) is 3.69. The van der Waals surface area contributed by atoms with Crippen molar-refractivity contribution in [1.82, 2.24) is 20.1 Å². The average molecular weight is 290 g/mol. The summed E-state index contributed by atoms with van der Waals surface area (Å²) in [6.07, 6.45) is 3.54. The van der Waals surface area contributed by atoms with Crippen LogP contribution >= 0.6 is 0 Å². The molecule has 0 radical (unpaired) electrons. The molecule has 2 aromatic heterocycles. The number of hydrogen-bond acceptors (Lipinski definition) is 4. The highest BCUT2D eigenvalue weighted by atomic mass is 19.1. The molecule has 0 bridgehead atoms. The first-order chi connectivity index (χ1) is 10.0. The highest BCUT2D eigenvalue weighted by Crippen LogP contribution is 2.29. The highest BCUT2D eigenvalue weighted by molar-refractivity contribution is 5.38. The van der Waals surface area contributed by atoms with Crippen LogP contribution in [-0.2, 0) is 13.6 Å². The first-order valence-electron chi connectivity index (χ1n) is 7.10. The maximum absolute atomic E-state index is 13.4. The van der Waals surface area contributed by atoms with Gasteiger partial charge in [0, 0.05) is 25.2 Å². The number of nitrogens with one attached hydrogen (secondary N) is 1. The Morgan fingerprint density at radius 3 is 2.81 bits per heavy atom. The lowest BCUT2D eigenvalue weighted by Crippen LogP contribution is -2.16.